The van der Waals surface area contributed by atoms with Crippen molar-refractivity contribution < 1.29 is 4.74 Å². The molecule has 0 saturated carbocycles. The first-order valence-corrected chi connectivity index (χ1v) is 9.88. The normalized spacial score (nSPS) is 20.8. The first-order chi connectivity index (χ1) is 13.7. The van der Waals surface area contributed by atoms with Crippen LogP contribution in [0.3, 0.4) is 0 Å². The summed E-state index contributed by atoms with van der Waals surface area (Å²) in [6, 6.07) is 27.7. The molecule has 0 aliphatic carbocycles. The highest BCUT2D eigenvalue weighted by Gasteiger charge is 2.39. The van der Waals surface area contributed by atoms with Gasteiger partial charge in [-0.1, -0.05) is 86.6 Å². The van der Waals surface area contributed by atoms with Gasteiger partial charge in [0.2, 0.25) is 0 Å². The topological polar surface area (TPSA) is 24.5 Å². The van der Waals surface area contributed by atoms with Crippen molar-refractivity contribution >= 4 is 5.70 Å². The molecule has 140 valence electrons. The van der Waals surface area contributed by atoms with Gasteiger partial charge in [-0.2, -0.15) is 5.01 Å². The molecular formula is C25H24N2O. The fraction of sp³-hybridized carbons (Fsp3) is 0.200. The Hall–Kier alpha value is -3.04. The standard InChI is InChI=1S/C25H24N2O/c1-17(2)18-12-14-20(15-13-18)25-27-23(21-10-6-7-11-24(21)28-25)16-22(26-27)19-8-4-3-5-9-19/h3-17,23,25-26H,1-2H3/t23-,25+/m1/s1. The number of para-hydroxylation sites is 1. The van der Waals surface area contributed by atoms with Gasteiger partial charge in [0.25, 0.3) is 0 Å². The monoisotopic (exact) mass is 368 g/mol. The average Bonchev–Trinajstić information content (AvgIpc) is 3.20. The average molecular weight is 368 g/mol. The van der Waals surface area contributed by atoms with E-state index in [1.165, 1.54) is 16.7 Å². The van der Waals surface area contributed by atoms with E-state index in [9.17, 15) is 0 Å². The summed E-state index contributed by atoms with van der Waals surface area (Å²) < 4.78 is 6.45. The fourth-order valence-corrected chi connectivity index (χ4v) is 3.99. The summed E-state index contributed by atoms with van der Waals surface area (Å²) in [6.07, 6.45) is 2.12. The van der Waals surface area contributed by atoms with E-state index in [2.05, 4.69) is 97.1 Å². The SMILES string of the molecule is CC(C)c1ccc([C@@H]2Oc3ccccc3[C@H]3C=C(c4ccccc4)NN32)cc1. The maximum Gasteiger partial charge on any atom is 0.195 e. The van der Waals surface area contributed by atoms with Gasteiger partial charge in [-0.15, -0.1) is 0 Å². The van der Waals surface area contributed by atoms with Crippen molar-refractivity contribution in [1.82, 2.24) is 10.4 Å². The van der Waals surface area contributed by atoms with Gasteiger partial charge in [-0.3, -0.25) is 0 Å². The van der Waals surface area contributed by atoms with Crippen LogP contribution in [0.2, 0.25) is 0 Å². The van der Waals surface area contributed by atoms with Crippen LogP contribution in [0.1, 0.15) is 54.3 Å². The van der Waals surface area contributed by atoms with Crippen LogP contribution in [0.25, 0.3) is 5.70 Å². The van der Waals surface area contributed by atoms with Gasteiger partial charge in [0.05, 0.1) is 11.7 Å². The zero-order valence-electron chi connectivity index (χ0n) is 16.2. The summed E-state index contributed by atoms with van der Waals surface area (Å²) in [5.74, 6) is 1.47. The smallest absolute Gasteiger partial charge is 0.195 e. The summed E-state index contributed by atoms with van der Waals surface area (Å²) in [7, 11) is 0. The molecule has 3 aromatic rings. The number of fused-ring (bicyclic) bond motifs is 3. The lowest BCUT2D eigenvalue weighted by Crippen LogP contribution is -2.43. The van der Waals surface area contributed by atoms with Crippen molar-refractivity contribution in [1.29, 1.82) is 0 Å². The van der Waals surface area contributed by atoms with Gasteiger partial charge in [0.1, 0.15) is 5.75 Å². The number of hydrazine groups is 1. The molecule has 0 bridgehead atoms. The van der Waals surface area contributed by atoms with E-state index >= 15 is 0 Å². The molecule has 0 amide bonds. The molecule has 0 aromatic heterocycles. The molecule has 2 aliphatic rings. The predicted molar refractivity (Wildman–Crippen MR) is 112 cm³/mol. The van der Waals surface area contributed by atoms with Crippen LogP contribution in [0.5, 0.6) is 5.75 Å². The highest BCUT2D eigenvalue weighted by molar-refractivity contribution is 5.67. The molecule has 3 aromatic carbocycles. The maximum atomic E-state index is 6.45. The van der Waals surface area contributed by atoms with Gasteiger partial charge in [0.15, 0.2) is 6.23 Å². The molecular weight excluding hydrogens is 344 g/mol. The summed E-state index contributed by atoms with van der Waals surface area (Å²) >= 11 is 0. The first kappa shape index (κ1) is 17.1. The number of hydrogen-bond acceptors (Lipinski definition) is 3. The van der Waals surface area contributed by atoms with Crippen molar-refractivity contribution in [3.63, 3.8) is 0 Å². The van der Waals surface area contributed by atoms with E-state index in [1.54, 1.807) is 0 Å². The van der Waals surface area contributed by atoms with Crippen molar-refractivity contribution in [2.45, 2.75) is 32.0 Å². The van der Waals surface area contributed by atoms with Crippen LogP contribution in [0.4, 0.5) is 0 Å². The van der Waals surface area contributed by atoms with Gasteiger partial charge in [-0.25, -0.2) is 0 Å². The van der Waals surface area contributed by atoms with Crippen LogP contribution in [0.15, 0.2) is 84.9 Å². The number of rotatable bonds is 3. The minimum atomic E-state index is -0.182. The molecule has 2 heterocycles. The van der Waals surface area contributed by atoms with Crippen LogP contribution in [-0.4, -0.2) is 5.01 Å². The molecule has 2 atom stereocenters. The highest BCUT2D eigenvalue weighted by atomic mass is 16.5. The fourth-order valence-electron chi connectivity index (χ4n) is 3.99. The first-order valence-electron chi connectivity index (χ1n) is 9.88. The molecule has 0 spiro atoms. The van der Waals surface area contributed by atoms with E-state index in [1.807, 2.05) is 12.1 Å². The third-order valence-corrected chi connectivity index (χ3v) is 5.58. The lowest BCUT2D eigenvalue weighted by Gasteiger charge is -2.39. The van der Waals surface area contributed by atoms with E-state index in [-0.39, 0.29) is 12.3 Å². The van der Waals surface area contributed by atoms with Crippen molar-refractivity contribution in [3.05, 3.63) is 107 Å². The second-order valence-electron chi connectivity index (χ2n) is 7.74. The van der Waals surface area contributed by atoms with Crippen LogP contribution >= 0.6 is 0 Å². The Bertz CT molecular complexity index is 1010. The minimum Gasteiger partial charge on any atom is -0.469 e. The number of ether oxygens (including phenoxy) is 1. The second-order valence-corrected chi connectivity index (χ2v) is 7.74. The molecule has 0 radical (unpaired) electrons. The van der Waals surface area contributed by atoms with E-state index in [0.29, 0.717) is 5.92 Å². The third-order valence-electron chi connectivity index (χ3n) is 5.58. The number of nitrogens with one attached hydrogen (secondary N) is 1. The summed E-state index contributed by atoms with van der Waals surface area (Å²) in [5, 5.41) is 2.22. The highest BCUT2D eigenvalue weighted by Crippen LogP contribution is 2.45. The van der Waals surface area contributed by atoms with Gasteiger partial charge < -0.3 is 10.2 Å². The summed E-state index contributed by atoms with van der Waals surface area (Å²) in [6.45, 7) is 4.44. The lowest BCUT2D eigenvalue weighted by molar-refractivity contribution is -0.0326. The summed E-state index contributed by atoms with van der Waals surface area (Å²) in [4.78, 5) is 0. The maximum absolute atomic E-state index is 6.45. The van der Waals surface area contributed by atoms with E-state index in [4.69, 9.17) is 4.74 Å². The number of benzene rings is 3. The molecule has 1 N–H and O–H groups in total. The van der Waals surface area contributed by atoms with Gasteiger partial charge >= 0.3 is 0 Å². The molecule has 0 fully saturated rings. The summed E-state index contributed by atoms with van der Waals surface area (Å²) in [5.41, 5.74) is 9.59. The second kappa shape index (κ2) is 6.84. The van der Waals surface area contributed by atoms with Crippen molar-refractivity contribution in [3.8, 4) is 5.75 Å². The third kappa shape index (κ3) is 2.88. The Morgan fingerprint density at radius 2 is 1.57 bits per heavy atom. The Kier molecular flexibility index (Phi) is 4.18. The Morgan fingerprint density at radius 3 is 2.32 bits per heavy atom. The van der Waals surface area contributed by atoms with Crippen LogP contribution < -0.4 is 10.2 Å². The van der Waals surface area contributed by atoms with Crippen molar-refractivity contribution in [2.24, 2.45) is 0 Å². The molecule has 5 rings (SSSR count). The van der Waals surface area contributed by atoms with Gasteiger partial charge in [-0.05, 0) is 29.2 Å². The Balaban J connectivity index is 1.54. The largest absolute Gasteiger partial charge is 0.469 e. The molecule has 0 saturated heterocycles. The molecule has 0 unspecified atom stereocenters. The predicted octanol–water partition coefficient (Wildman–Crippen LogP) is 5.80. The number of nitrogens with zero attached hydrogens (tertiary/aromatic N) is 1. The number of hydrogen-bond donors (Lipinski definition) is 1. The minimum absolute atomic E-state index is 0.134. The molecule has 2 aliphatic heterocycles. The quantitative estimate of drug-likeness (QED) is 0.632. The molecule has 28 heavy (non-hydrogen) atoms. The van der Waals surface area contributed by atoms with Crippen molar-refractivity contribution in [2.75, 3.05) is 0 Å². The van der Waals surface area contributed by atoms with Crippen LogP contribution in [0, 0.1) is 0 Å². The van der Waals surface area contributed by atoms with Gasteiger partial charge in [0, 0.05) is 11.1 Å². The Labute approximate surface area is 166 Å². The molecule has 3 nitrogen and oxygen atoms in total. The van der Waals surface area contributed by atoms with E-state index < -0.39 is 0 Å². The van der Waals surface area contributed by atoms with Crippen LogP contribution in [-0.2, 0) is 0 Å². The zero-order chi connectivity index (χ0) is 19.1. The molecule has 3 heteroatoms. The lowest BCUT2D eigenvalue weighted by atomic mass is 9.99. The Morgan fingerprint density at radius 1 is 0.857 bits per heavy atom. The van der Waals surface area contributed by atoms with E-state index in [0.717, 1.165) is 17.0 Å². The zero-order valence-corrected chi connectivity index (χ0v) is 16.2.